The van der Waals surface area contributed by atoms with Gasteiger partial charge in [0, 0.05) is 38.6 Å². The molecule has 1 aromatic rings. The quantitative estimate of drug-likeness (QED) is 0.712. The number of H-pyrrole nitrogens is 1. The van der Waals surface area contributed by atoms with E-state index in [-0.39, 0.29) is 5.56 Å². The largest absolute Gasteiger partial charge is 0.354 e. The number of aromatic nitrogens is 2. The van der Waals surface area contributed by atoms with Crippen molar-refractivity contribution in [3.05, 3.63) is 22.7 Å². The Morgan fingerprint density at radius 3 is 3.13 bits per heavy atom. The first kappa shape index (κ1) is 10.2. The predicted molar refractivity (Wildman–Crippen MR) is 59.2 cm³/mol. The van der Waals surface area contributed by atoms with Crippen molar-refractivity contribution in [3.8, 4) is 0 Å². The summed E-state index contributed by atoms with van der Waals surface area (Å²) in [4.78, 5) is 19.9. The van der Waals surface area contributed by atoms with Crippen LogP contribution in [0.25, 0.3) is 0 Å². The van der Waals surface area contributed by atoms with E-state index in [4.69, 9.17) is 0 Å². The highest BCUT2D eigenvalue weighted by molar-refractivity contribution is 5.33. The zero-order chi connectivity index (χ0) is 10.7. The Bertz CT molecular complexity index is 372. The Balaban J connectivity index is 1.86. The summed E-state index contributed by atoms with van der Waals surface area (Å²) < 4.78 is 0. The van der Waals surface area contributed by atoms with E-state index in [1.54, 1.807) is 12.4 Å². The summed E-state index contributed by atoms with van der Waals surface area (Å²) in [5, 5.41) is 3.40. The van der Waals surface area contributed by atoms with E-state index in [1.165, 1.54) is 12.8 Å². The summed E-state index contributed by atoms with van der Waals surface area (Å²) in [5.74, 6) is 0.482. The number of aromatic amines is 1. The Morgan fingerprint density at radius 1 is 1.67 bits per heavy atom. The van der Waals surface area contributed by atoms with Gasteiger partial charge in [0.25, 0.3) is 5.56 Å². The van der Waals surface area contributed by atoms with Crippen LogP contribution in [0.3, 0.4) is 0 Å². The molecule has 1 saturated carbocycles. The van der Waals surface area contributed by atoms with Gasteiger partial charge in [-0.25, -0.2) is 4.98 Å². The molecule has 1 fully saturated rings. The van der Waals surface area contributed by atoms with Crippen molar-refractivity contribution >= 4 is 5.82 Å². The van der Waals surface area contributed by atoms with Crippen molar-refractivity contribution in [2.24, 2.45) is 0 Å². The van der Waals surface area contributed by atoms with Gasteiger partial charge in [-0.2, -0.15) is 0 Å². The normalized spacial score (nSPS) is 15.3. The van der Waals surface area contributed by atoms with Crippen LogP contribution in [-0.4, -0.2) is 36.1 Å². The molecule has 0 bridgehead atoms. The first-order valence-corrected chi connectivity index (χ1v) is 5.25. The number of hydrogen-bond acceptors (Lipinski definition) is 4. The zero-order valence-electron chi connectivity index (χ0n) is 8.86. The third-order valence-corrected chi connectivity index (χ3v) is 2.51. The molecular formula is C10H16N4O. The molecule has 0 saturated heterocycles. The van der Waals surface area contributed by atoms with Crippen molar-refractivity contribution in [1.29, 1.82) is 0 Å². The lowest BCUT2D eigenvalue weighted by Gasteiger charge is -2.16. The fourth-order valence-electron chi connectivity index (χ4n) is 1.45. The molecule has 1 aliphatic rings. The first-order chi connectivity index (χ1) is 7.27. The highest BCUT2D eigenvalue weighted by Crippen LogP contribution is 2.18. The van der Waals surface area contributed by atoms with E-state index in [1.807, 2.05) is 11.9 Å². The lowest BCUT2D eigenvalue weighted by Crippen LogP contribution is -2.33. The van der Waals surface area contributed by atoms with Gasteiger partial charge in [-0.15, -0.1) is 0 Å². The minimum absolute atomic E-state index is 0.133. The molecule has 1 aromatic heterocycles. The van der Waals surface area contributed by atoms with Crippen LogP contribution in [0.5, 0.6) is 0 Å². The number of nitrogens with one attached hydrogen (secondary N) is 2. The van der Waals surface area contributed by atoms with Crippen molar-refractivity contribution in [2.45, 2.75) is 18.9 Å². The van der Waals surface area contributed by atoms with Crippen molar-refractivity contribution in [1.82, 2.24) is 15.3 Å². The van der Waals surface area contributed by atoms with Gasteiger partial charge >= 0.3 is 0 Å². The Hall–Kier alpha value is -1.36. The molecule has 1 heterocycles. The van der Waals surface area contributed by atoms with Crippen LogP contribution in [-0.2, 0) is 0 Å². The average Bonchev–Trinajstić information content (AvgIpc) is 3.02. The zero-order valence-corrected chi connectivity index (χ0v) is 8.86. The second-order valence-corrected chi connectivity index (χ2v) is 3.89. The van der Waals surface area contributed by atoms with Crippen molar-refractivity contribution in [2.75, 3.05) is 25.0 Å². The topological polar surface area (TPSA) is 61.0 Å². The molecule has 82 valence electrons. The molecule has 0 radical (unpaired) electrons. The van der Waals surface area contributed by atoms with Gasteiger partial charge in [0.05, 0.1) is 0 Å². The molecule has 0 aliphatic heterocycles. The van der Waals surface area contributed by atoms with Crippen LogP contribution in [0.1, 0.15) is 12.8 Å². The average molecular weight is 208 g/mol. The Kier molecular flexibility index (Phi) is 3.01. The second-order valence-electron chi connectivity index (χ2n) is 3.89. The minimum atomic E-state index is -0.133. The maximum absolute atomic E-state index is 11.4. The fraction of sp³-hybridized carbons (Fsp3) is 0.600. The van der Waals surface area contributed by atoms with E-state index in [0.29, 0.717) is 11.9 Å². The van der Waals surface area contributed by atoms with E-state index in [9.17, 15) is 4.79 Å². The van der Waals surface area contributed by atoms with Gasteiger partial charge in [-0.05, 0) is 12.8 Å². The van der Waals surface area contributed by atoms with Gasteiger partial charge in [-0.1, -0.05) is 0 Å². The van der Waals surface area contributed by atoms with E-state index in [2.05, 4.69) is 15.3 Å². The van der Waals surface area contributed by atoms with Gasteiger partial charge in [0.15, 0.2) is 5.82 Å². The molecule has 0 aromatic carbocycles. The van der Waals surface area contributed by atoms with E-state index >= 15 is 0 Å². The van der Waals surface area contributed by atoms with Gasteiger partial charge in [0.1, 0.15) is 0 Å². The summed E-state index contributed by atoms with van der Waals surface area (Å²) in [7, 11) is 1.88. The maximum Gasteiger partial charge on any atom is 0.290 e. The highest BCUT2D eigenvalue weighted by atomic mass is 16.1. The van der Waals surface area contributed by atoms with Crippen LogP contribution in [0, 0.1) is 0 Å². The third kappa shape index (κ3) is 2.79. The molecule has 0 amide bonds. The fourth-order valence-corrected chi connectivity index (χ4v) is 1.45. The molecule has 0 unspecified atom stereocenters. The van der Waals surface area contributed by atoms with Crippen LogP contribution in [0.15, 0.2) is 17.2 Å². The monoisotopic (exact) mass is 208 g/mol. The Labute approximate surface area is 88.5 Å². The number of nitrogens with zero attached hydrogens (tertiary/aromatic N) is 2. The lowest BCUT2D eigenvalue weighted by molar-refractivity contribution is 0.671. The number of hydrogen-bond donors (Lipinski definition) is 2. The van der Waals surface area contributed by atoms with E-state index < -0.39 is 0 Å². The summed E-state index contributed by atoms with van der Waals surface area (Å²) >= 11 is 0. The van der Waals surface area contributed by atoms with Crippen LogP contribution in [0.2, 0.25) is 0 Å². The summed E-state index contributed by atoms with van der Waals surface area (Å²) in [5.41, 5.74) is -0.133. The summed E-state index contributed by atoms with van der Waals surface area (Å²) in [6.07, 6.45) is 5.71. The molecule has 0 spiro atoms. The summed E-state index contributed by atoms with van der Waals surface area (Å²) in [6.45, 7) is 1.70. The Morgan fingerprint density at radius 2 is 2.47 bits per heavy atom. The molecule has 5 nitrogen and oxygen atoms in total. The molecule has 5 heteroatoms. The molecule has 2 rings (SSSR count). The van der Waals surface area contributed by atoms with Crippen molar-refractivity contribution in [3.63, 3.8) is 0 Å². The number of anilines is 1. The summed E-state index contributed by atoms with van der Waals surface area (Å²) in [6, 6.07) is 0.709. The first-order valence-electron chi connectivity index (χ1n) is 5.25. The maximum atomic E-state index is 11.4. The molecule has 0 atom stereocenters. The smallest absolute Gasteiger partial charge is 0.290 e. The van der Waals surface area contributed by atoms with Gasteiger partial charge < -0.3 is 15.2 Å². The number of rotatable bonds is 5. The molecule has 2 N–H and O–H groups in total. The van der Waals surface area contributed by atoms with Gasteiger partial charge in [0.2, 0.25) is 0 Å². The SMILES string of the molecule is CN(CCNC1CC1)c1ncc[nH]c1=O. The van der Waals surface area contributed by atoms with Gasteiger partial charge in [-0.3, -0.25) is 4.79 Å². The third-order valence-electron chi connectivity index (χ3n) is 2.51. The van der Waals surface area contributed by atoms with Crippen molar-refractivity contribution < 1.29 is 0 Å². The standard InChI is InChI=1S/C10H16N4O/c1-14(7-6-11-8-2-3-8)9-10(15)13-5-4-12-9/h4-5,8,11H,2-3,6-7H2,1H3,(H,13,15). The predicted octanol–water partition coefficient (Wildman–Crippen LogP) is -0.0419. The lowest BCUT2D eigenvalue weighted by atomic mass is 10.5. The second kappa shape index (κ2) is 4.44. The van der Waals surface area contributed by atoms with Crippen LogP contribution < -0.4 is 15.8 Å². The molecule has 1 aliphatic carbocycles. The highest BCUT2D eigenvalue weighted by Gasteiger charge is 2.20. The minimum Gasteiger partial charge on any atom is -0.354 e. The number of likely N-dealkylation sites (N-methyl/N-ethyl adjacent to an activating group) is 1. The molecular weight excluding hydrogens is 192 g/mol. The van der Waals surface area contributed by atoms with E-state index in [0.717, 1.165) is 13.1 Å². The molecule has 15 heavy (non-hydrogen) atoms. The van der Waals surface area contributed by atoms with Crippen LogP contribution in [0.4, 0.5) is 5.82 Å². The van der Waals surface area contributed by atoms with Crippen LogP contribution >= 0.6 is 0 Å².